The van der Waals surface area contributed by atoms with Crippen LogP contribution in [-0.4, -0.2) is 23.7 Å². The van der Waals surface area contributed by atoms with E-state index >= 15 is 0 Å². The molecule has 3 N–H and O–H groups in total. The fourth-order valence-electron chi connectivity index (χ4n) is 2.01. The fourth-order valence-corrected chi connectivity index (χ4v) is 2.01. The summed E-state index contributed by atoms with van der Waals surface area (Å²) in [4.78, 5) is 3.88. The normalized spacial score (nSPS) is 22.9. The number of nitrogen functional groups attached to an aromatic ring is 1. The Bertz CT molecular complexity index is 323. The third-order valence-corrected chi connectivity index (χ3v) is 2.81. The van der Waals surface area contributed by atoms with E-state index in [1.54, 1.807) is 12.3 Å². The van der Waals surface area contributed by atoms with Crippen molar-refractivity contribution in [1.29, 1.82) is 0 Å². The number of hydrogen-bond acceptors (Lipinski definition) is 3. The van der Waals surface area contributed by atoms with E-state index in [0.717, 1.165) is 24.9 Å². The Hall–Kier alpha value is -1.16. The molecule has 4 heteroatoms. The van der Waals surface area contributed by atoms with Crippen LogP contribution in [0.1, 0.15) is 18.4 Å². The van der Waals surface area contributed by atoms with Crippen LogP contribution >= 0.6 is 0 Å². The molecule has 0 bridgehead atoms. The first-order chi connectivity index (χ1) is 7.25. The van der Waals surface area contributed by atoms with Crippen LogP contribution in [0.2, 0.25) is 0 Å². The second-order valence-electron chi connectivity index (χ2n) is 4.01. The lowest BCUT2D eigenvalue weighted by Gasteiger charge is -2.15. The van der Waals surface area contributed by atoms with Crippen molar-refractivity contribution in [2.45, 2.75) is 31.5 Å². The third-order valence-electron chi connectivity index (χ3n) is 2.81. The standard InChI is InChI=1S/C11H16FN3/c12-9(10-2-1-4-14-10)6-8-3-5-15-11(13)7-8/h3,5,7,9-10,14H,1-2,4,6H2,(H2,13,15). The average Bonchev–Trinajstić information content (AvgIpc) is 2.70. The Morgan fingerprint density at radius 2 is 2.53 bits per heavy atom. The molecular weight excluding hydrogens is 193 g/mol. The SMILES string of the molecule is Nc1cc(CC(F)C2CCCN2)ccn1. The molecule has 2 unspecified atom stereocenters. The van der Waals surface area contributed by atoms with Gasteiger partial charge in [-0.1, -0.05) is 0 Å². The highest BCUT2D eigenvalue weighted by atomic mass is 19.1. The molecule has 1 aliphatic heterocycles. The van der Waals surface area contributed by atoms with Gasteiger partial charge in [-0.3, -0.25) is 0 Å². The molecule has 1 aromatic rings. The monoisotopic (exact) mass is 209 g/mol. The van der Waals surface area contributed by atoms with Gasteiger partial charge in [0.05, 0.1) is 0 Å². The molecule has 82 valence electrons. The van der Waals surface area contributed by atoms with Crippen molar-refractivity contribution in [1.82, 2.24) is 10.3 Å². The molecule has 0 radical (unpaired) electrons. The average molecular weight is 209 g/mol. The van der Waals surface area contributed by atoms with E-state index in [-0.39, 0.29) is 6.04 Å². The number of nitrogens with zero attached hydrogens (tertiary/aromatic N) is 1. The van der Waals surface area contributed by atoms with Crippen LogP contribution in [0.5, 0.6) is 0 Å². The number of pyridine rings is 1. The van der Waals surface area contributed by atoms with Gasteiger partial charge in [0.1, 0.15) is 12.0 Å². The molecule has 0 amide bonds. The van der Waals surface area contributed by atoms with Crippen LogP contribution in [-0.2, 0) is 6.42 Å². The van der Waals surface area contributed by atoms with E-state index in [2.05, 4.69) is 10.3 Å². The van der Waals surface area contributed by atoms with Crippen LogP contribution in [0.4, 0.5) is 10.2 Å². The van der Waals surface area contributed by atoms with E-state index in [1.165, 1.54) is 0 Å². The lowest BCUT2D eigenvalue weighted by atomic mass is 10.0. The Balaban J connectivity index is 1.95. The van der Waals surface area contributed by atoms with Crippen LogP contribution in [0.25, 0.3) is 0 Å². The summed E-state index contributed by atoms with van der Waals surface area (Å²) in [7, 11) is 0. The lowest BCUT2D eigenvalue weighted by molar-refractivity contribution is 0.263. The van der Waals surface area contributed by atoms with E-state index in [9.17, 15) is 4.39 Å². The molecule has 15 heavy (non-hydrogen) atoms. The first-order valence-corrected chi connectivity index (χ1v) is 5.33. The van der Waals surface area contributed by atoms with Crippen molar-refractivity contribution in [2.24, 2.45) is 0 Å². The quantitative estimate of drug-likeness (QED) is 0.788. The van der Waals surface area contributed by atoms with E-state index in [1.807, 2.05) is 6.07 Å². The fraction of sp³-hybridized carbons (Fsp3) is 0.545. The van der Waals surface area contributed by atoms with Gasteiger partial charge in [0, 0.05) is 18.7 Å². The zero-order valence-corrected chi connectivity index (χ0v) is 8.62. The zero-order chi connectivity index (χ0) is 10.7. The summed E-state index contributed by atoms with van der Waals surface area (Å²) in [5, 5.41) is 3.17. The summed E-state index contributed by atoms with van der Waals surface area (Å²) in [5.41, 5.74) is 6.46. The number of anilines is 1. The number of nitrogens with one attached hydrogen (secondary N) is 1. The third kappa shape index (κ3) is 2.65. The van der Waals surface area contributed by atoms with Crippen molar-refractivity contribution in [3.05, 3.63) is 23.9 Å². The summed E-state index contributed by atoms with van der Waals surface area (Å²) in [6.45, 7) is 0.934. The molecule has 0 spiro atoms. The van der Waals surface area contributed by atoms with Gasteiger partial charge >= 0.3 is 0 Å². The molecule has 3 nitrogen and oxygen atoms in total. The molecule has 0 aliphatic carbocycles. The minimum Gasteiger partial charge on any atom is -0.384 e. The number of halogens is 1. The first-order valence-electron chi connectivity index (χ1n) is 5.33. The number of aromatic nitrogens is 1. The van der Waals surface area contributed by atoms with Crippen LogP contribution < -0.4 is 11.1 Å². The van der Waals surface area contributed by atoms with Gasteiger partial charge in [-0.25, -0.2) is 9.37 Å². The van der Waals surface area contributed by atoms with Gasteiger partial charge < -0.3 is 11.1 Å². The predicted molar refractivity (Wildman–Crippen MR) is 58.3 cm³/mol. The molecule has 0 saturated carbocycles. The van der Waals surface area contributed by atoms with Gasteiger partial charge in [0.2, 0.25) is 0 Å². The Labute approximate surface area is 88.9 Å². The van der Waals surface area contributed by atoms with Gasteiger partial charge in [-0.2, -0.15) is 0 Å². The second kappa shape index (κ2) is 4.57. The van der Waals surface area contributed by atoms with Gasteiger partial charge in [0.15, 0.2) is 0 Å². The maximum atomic E-state index is 13.8. The summed E-state index contributed by atoms with van der Waals surface area (Å²) in [6, 6.07) is 3.57. The van der Waals surface area contributed by atoms with Crippen LogP contribution in [0, 0.1) is 0 Å². The topological polar surface area (TPSA) is 50.9 Å². The molecule has 2 atom stereocenters. The molecule has 1 saturated heterocycles. The number of nitrogens with two attached hydrogens (primary N) is 1. The minimum absolute atomic E-state index is 0.0133. The van der Waals surface area contributed by atoms with Gasteiger partial charge in [0.25, 0.3) is 0 Å². The summed E-state index contributed by atoms with van der Waals surface area (Å²) in [6.07, 6.45) is 3.23. The molecule has 2 rings (SSSR count). The Morgan fingerprint density at radius 1 is 1.67 bits per heavy atom. The minimum atomic E-state index is -0.825. The van der Waals surface area contributed by atoms with E-state index < -0.39 is 6.17 Å². The molecule has 1 aliphatic rings. The first kappa shape index (κ1) is 10.4. The highest BCUT2D eigenvalue weighted by Crippen LogP contribution is 2.16. The largest absolute Gasteiger partial charge is 0.384 e. The van der Waals surface area contributed by atoms with E-state index in [4.69, 9.17) is 5.73 Å². The maximum absolute atomic E-state index is 13.8. The van der Waals surface area contributed by atoms with Crippen molar-refractivity contribution >= 4 is 5.82 Å². The lowest BCUT2D eigenvalue weighted by Crippen LogP contribution is -2.33. The predicted octanol–water partition coefficient (Wildman–Crippen LogP) is 1.30. The molecule has 1 fully saturated rings. The summed E-state index contributed by atoms with van der Waals surface area (Å²) >= 11 is 0. The molecule has 1 aromatic heterocycles. The van der Waals surface area contributed by atoms with Crippen molar-refractivity contribution in [3.63, 3.8) is 0 Å². The molecule has 2 heterocycles. The van der Waals surface area contributed by atoms with E-state index in [0.29, 0.717) is 12.2 Å². The summed E-state index contributed by atoms with van der Waals surface area (Å²) < 4.78 is 13.8. The van der Waals surface area contributed by atoms with Crippen molar-refractivity contribution in [2.75, 3.05) is 12.3 Å². The maximum Gasteiger partial charge on any atom is 0.123 e. The summed E-state index contributed by atoms with van der Waals surface area (Å²) in [5.74, 6) is 0.457. The molecule has 0 aromatic carbocycles. The molecular formula is C11H16FN3. The number of hydrogen-bond donors (Lipinski definition) is 2. The Morgan fingerprint density at radius 3 is 3.20 bits per heavy atom. The smallest absolute Gasteiger partial charge is 0.123 e. The second-order valence-corrected chi connectivity index (χ2v) is 4.01. The van der Waals surface area contributed by atoms with Crippen molar-refractivity contribution in [3.8, 4) is 0 Å². The van der Waals surface area contributed by atoms with Crippen molar-refractivity contribution < 1.29 is 4.39 Å². The Kier molecular flexibility index (Phi) is 3.16. The number of rotatable bonds is 3. The zero-order valence-electron chi connectivity index (χ0n) is 8.62. The highest BCUT2D eigenvalue weighted by Gasteiger charge is 2.24. The highest BCUT2D eigenvalue weighted by molar-refractivity contribution is 5.32. The van der Waals surface area contributed by atoms with Crippen LogP contribution in [0.3, 0.4) is 0 Å². The van der Waals surface area contributed by atoms with Gasteiger partial charge in [-0.05, 0) is 37.1 Å². The number of alkyl halides is 1. The van der Waals surface area contributed by atoms with Crippen LogP contribution in [0.15, 0.2) is 18.3 Å². The van der Waals surface area contributed by atoms with Gasteiger partial charge in [-0.15, -0.1) is 0 Å².